The van der Waals surface area contributed by atoms with Crippen LogP contribution in [-0.2, 0) is 11.3 Å². The average molecular weight is 469 g/mol. The average Bonchev–Trinajstić information content (AvgIpc) is 3.29. The number of amides is 3. The smallest absolute Gasteiger partial charge is 0.323 e. The third kappa shape index (κ3) is 4.68. The number of benzene rings is 2. The van der Waals surface area contributed by atoms with Gasteiger partial charge in [0.15, 0.2) is 0 Å². The molecule has 0 fully saturated rings. The Morgan fingerprint density at radius 1 is 1.24 bits per heavy atom. The molecule has 10 heteroatoms. The van der Waals surface area contributed by atoms with E-state index in [4.69, 9.17) is 21.1 Å². The van der Waals surface area contributed by atoms with Gasteiger partial charge in [0.1, 0.15) is 12.8 Å². The van der Waals surface area contributed by atoms with Crippen LogP contribution in [0.4, 0.5) is 10.5 Å². The second-order valence-corrected chi connectivity index (χ2v) is 8.01. The first kappa shape index (κ1) is 22.3. The first-order valence-electron chi connectivity index (χ1n) is 10.2. The highest BCUT2D eigenvalue weighted by atomic mass is 35.5. The molecule has 4 rings (SSSR count). The normalized spacial score (nSPS) is 15.5. The summed E-state index contributed by atoms with van der Waals surface area (Å²) in [6.45, 7) is 1.75. The number of carbonyl (C=O) groups excluding carboxylic acids is 2. The lowest BCUT2D eigenvalue weighted by atomic mass is 10.1. The topological polar surface area (TPSA) is 116 Å². The number of hydrogen-bond donors (Lipinski definition) is 2. The number of hydrogen-bond acceptors (Lipinski definition) is 5. The molecule has 0 bridgehead atoms. The Bertz CT molecular complexity index is 1200. The van der Waals surface area contributed by atoms with E-state index < -0.39 is 18.5 Å². The number of carbonyl (C=O) groups is 3. The summed E-state index contributed by atoms with van der Waals surface area (Å²) in [6, 6.07) is 11.3. The van der Waals surface area contributed by atoms with Gasteiger partial charge in [-0.15, -0.1) is 0 Å². The lowest BCUT2D eigenvalue weighted by Crippen LogP contribution is -2.49. The van der Waals surface area contributed by atoms with Crippen molar-refractivity contribution in [1.29, 1.82) is 0 Å². The Morgan fingerprint density at radius 2 is 2.03 bits per heavy atom. The van der Waals surface area contributed by atoms with Crippen LogP contribution in [0.15, 0.2) is 59.3 Å². The van der Waals surface area contributed by atoms with E-state index in [1.807, 2.05) is 24.3 Å². The molecule has 2 heterocycles. The number of anilines is 1. The van der Waals surface area contributed by atoms with Crippen LogP contribution in [-0.4, -0.2) is 52.0 Å². The Labute approximate surface area is 194 Å². The van der Waals surface area contributed by atoms with Crippen LogP contribution >= 0.6 is 11.6 Å². The molecular formula is C23H21ClN4O5. The molecule has 1 atom stereocenters. The number of carboxylic acids is 1. The van der Waals surface area contributed by atoms with Crippen molar-refractivity contribution in [2.45, 2.75) is 19.5 Å². The lowest BCUT2D eigenvalue weighted by molar-refractivity contribution is -0.135. The fourth-order valence-electron chi connectivity index (χ4n) is 3.76. The Morgan fingerprint density at radius 3 is 2.73 bits per heavy atom. The molecule has 0 spiro atoms. The molecule has 0 saturated heterocycles. The van der Waals surface area contributed by atoms with Gasteiger partial charge in [-0.05, 0) is 36.8 Å². The Balaban J connectivity index is 1.64. The van der Waals surface area contributed by atoms with Crippen molar-refractivity contribution in [3.63, 3.8) is 0 Å². The predicted octanol–water partition coefficient (Wildman–Crippen LogP) is 3.64. The van der Waals surface area contributed by atoms with E-state index in [1.165, 1.54) is 17.4 Å². The van der Waals surface area contributed by atoms with Crippen LogP contribution in [0.2, 0.25) is 5.02 Å². The maximum Gasteiger partial charge on any atom is 0.323 e. The maximum absolute atomic E-state index is 13.6. The third-order valence-corrected chi connectivity index (χ3v) is 5.69. The van der Waals surface area contributed by atoms with Gasteiger partial charge in [0.2, 0.25) is 5.89 Å². The van der Waals surface area contributed by atoms with Crippen molar-refractivity contribution in [3.05, 3.63) is 71.1 Å². The summed E-state index contributed by atoms with van der Waals surface area (Å²) in [5.74, 6) is -1.05. The van der Waals surface area contributed by atoms with Gasteiger partial charge in [-0.3, -0.25) is 9.59 Å². The lowest BCUT2D eigenvalue weighted by Gasteiger charge is -2.29. The van der Waals surface area contributed by atoms with Crippen molar-refractivity contribution in [2.24, 2.45) is 0 Å². The zero-order valence-electron chi connectivity index (χ0n) is 17.7. The van der Waals surface area contributed by atoms with Gasteiger partial charge < -0.3 is 24.6 Å². The van der Waals surface area contributed by atoms with E-state index in [0.717, 1.165) is 5.56 Å². The zero-order chi connectivity index (χ0) is 23.5. The quantitative estimate of drug-likeness (QED) is 0.604. The monoisotopic (exact) mass is 468 g/mol. The molecule has 1 aliphatic heterocycles. The Kier molecular flexibility index (Phi) is 6.32. The van der Waals surface area contributed by atoms with Crippen LogP contribution in [0, 0.1) is 0 Å². The zero-order valence-corrected chi connectivity index (χ0v) is 18.5. The molecule has 170 valence electrons. The van der Waals surface area contributed by atoms with Gasteiger partial charge in [0.25, 0.3) is 5.91 Å². The minimum atomic E-state index is -1.13. The van der Waals surface area contributed by atoms with E-state index in [0.29, 0.717) is 22.7 Å². The molecule has 0 aliphatic carbocycles. The minimum absolute atomic E-state index is 0.203. The SMILES string of the molecule is C[C@@H]1CN(C(=O)c2ccc(-c3ncco3)cc2Cl)c2ccccc2CN1C(=O)NCC(=O)O. The molecule has 0 unspecified atom stereocenters. The van der Waals surface area contributed by atoms with Gasteiger partial charge >= 0.3 is 12.0 Å². The van der Waals surface area contributed by atoms with Crippen molar-refractivity contribution in [1.82, 2.24) is 15.2 Å². The number of halogens is 1. The number of aliphatic carboxylic acids is 1. The molecule has 1 aliphatic rings. The summed E-state index contributed by atoms with van der Waals surface area (Å²) in [5.41, 5.74) is 2.37. The number of urea groups is 1. The van der Waals surface area contributed by atoms with E-state index in [-0.39, 0.29) is 30.1 Å². The van der Waals surface area contributed by atoms with Gasteiger partial charge in [0, 0.05) is 30.4 Å². The number of oxazole rings is 1. The van der Waals surface area contributed by atoms with Crippen LogP contribution in [0.5, 0.6) is 0 Å². The van der Waals surface area contributed by atoms with Gasteiger partial charge in [0.05, 0.1) is 16.8 Å². The number of rotatable bonds is 4. The second kappa shape index (κ2) is 9.33. The van der Waals surface area contributed by atoms with E-state index in [2.05, 4.69) is 10.3 Å². The molecule has 0 saturated carbocycles. The summed E-state index contributed by atoms with van der Waals surface area (Å²) in [5, 5.41) is 11.5. The van der Waals surface area contributed by atoms with Crippen LogP contribution in [0.25, 0.3) is 11.5 Å². The van der Waals surface area contributed by atoms with Crippen molar-refractivity contribution in [3.8, 4) is 11.5 Å². The molecule has 3 amide bonds. The number of para-hydroxylation sites is 1. The maximum atomic E-state index is 13.6. The van der Waals surface area contributed by atoms with E-state index in [9.17, 15) is 14.4 Å². The molecule has 9 nitrogen and oxygen atoms in total. The summed E-state index contributed by atoms with van der Waals surface area (Å²) in [7, 11) is 0. The van der Waals surface area contributed by atoms with Crippen LogP contribution < -0.4 is 10.2 Å². The summed E-state index contributed by atoms with van der Waals surface area (Å²) in [4.78, 5) is 44.3. The fraction of sp³-hybridized carbons (Fsp3) is 0.217. The second-order valence-electron chi connectivity index (χ2n) is 7.61. The molecule has 33 heavy (non-hydrogen) atoms. The molecular weight excluding hydrogens is 448 g/mol. The van der Waals surface area contributed by atoms with E-state index >= 15 is 0 Å². The summed E-state index contributed by atoms with van der Waals surface area (Å²) in [6.07, 6.45) is 2.98. The van der Waals surface area contributed by atoms with Crippen molar-refractivity contribution >= 4 is 35.2 Å². The molecule has 2 N–H and O–H groups in total. The number of carboxylic acid groups (broad SMARTS) is 1. The molecule has 1 aromatic heterocycles. The molecule has 3 aromatic rings. The summed E-state index contributed by atoms with van der Waals surface area (Å²) >= 11 is 6.47. The molecule has 0 radical (unpaired) electrons. The fourth-order valence-corrected chi connectivity index (χ4v) is 4.02. The van der Waals surface area contributed by atoms with Gasteiger partial charge in [-0.2, -0.15) is 0 Å². The highest BCUT2D eigenvalue weighted by molar-refractivity contribution is 6.34. The van der Waals surface area contributed by atoms with Crippen molar-refractivity contribution < 1.29 is 23.9 Å². The minimum Gasteiger partial charge on any atom is -0.480 e. The Hall–Kier alpha value is -3.85. The number of nitrogens with one attached hydrogen (secondary N) is 1. The highest BCUT2D eigenvalue weighted by Crippen LogP contribution is 2.31. The van der Waals surface area contributed by atoms with E-state index in [1.54, 1.807) is 30.0 Å². The third-order valence-electron chi connectivity index (χ3n) is 5.38. The number of nitrogens with zero attached hydrogens (tertiary/aromatic N) is 3. The van der Waals surface area contributed by atoms with Gasteiger partial charge in [-0.1, -0.05) is 29.8 Å². The summed E-state index contributed by atoms with van der Waals surface area (Å²) < 4.78 is 5.29. The standard InChI is InChI=1S/C23H21ClN4O5/c1-14-12-28(22(31)17-7-6-15(10-18(17)24)21-25-8-9-33-21)19-5-3-2-4-16(19)13-27(14)23(32)26-11-20(29)30/h2-10,14H,11-13H2,1H3,(H,26,32)(H,29,30)/t14-/m1/s1. The van der Waals surface area contributed by atoms with Crippen LogP contribution in [0.1, 0.15) is 22.8 Å². The largest absolute Gasteiger partial charge is 0.480 e. The van der Waals surface area contributed by atoms with Gasteiger partial charge in [-0.25, -0.2) is 9.78 Å². The first-order chi connectivity index (χ1) is 15.8. The van der Waals surface area contributed by atoms with Crippen LogP contribution in [0.3, 0.4) is 0 Å². The highest BCUT2D eigenvalue weighted by Gasteiger charge is 2.32. The van der Waals surface area contributed by atoms with Crippen molar-refractivity contribution in [2.75, 3.05) is 18.0 Å². The number of aromatic nitrogens is 1. The number of fused-ring (bicyclic) bond motifs is 1. The first-order valence-corrected chi connectivity index (χ1v) is 10.6. The predicted molar refractivity (Wildman–Crippen MR) is 121 cm³/mol. The molecule has 2 aromatic carbocycles.